The van der Waals surface area contributed by atoms with Crippen LogP contribution < -0.4 is 0 Å². The van der Waals surface area contributed by atoms with Crippen LogP contribution in [0.3, 0.4) is 0 Å². The molecule has 11 heavy (non-hydrogen) atoms. The number of thiol groups is 1. The van der Waals surface area contributed by atoms with E-state index < -0.39 is 11.7 Å². The topological polar surface area (TPSA) is 57.5 Å². The number of aliphatic hydroxyl groups is 1. The summed E-state index contributed by atoms with van der Waals surface area (Å²) in [6.07, 6.45) is 2.32. The molecular weight excluding hydrogens is 164 g/mol. The third kappa shape index (κ3) is 3.93. The third-order valence-corrected chi connectivity index (χ3v) is 1.68. The Morgan fingerprint density at radius 3 is 2.36 bits per heavy atom. The molecule has 0 bridgehead atoms. The fourth-order valence-electron chi connectivity index (χ4n) is 0.586. The van der Waals surface area contributed by atoms with E-state index in [2.05, 4.69) is 12.6 Å². The number of hydrogen-bond donors (Lipinski definition) is 3. The molecule has 4 heteroatoms. The highest BCUT2D eigenvalue weighted by atomic mass is 32.1. The summed E-state index contributed by atoms with van der Waals surface area (Å²) in [5, 5.41) is 17.1. The average Bonchev–Trinajstić information content (AvgIpc) is 1.98. The minimum absolute atomic E-state index is 0.249. The summed E-state index contributed by atoms with van der Waals surface area (Å²) in [6, 6.07) is 0. The van der Waals surface area contributed by atoms with Crippen molar-refractivity contribution in [2.45, 2.75) is 26.2 Å². The maximum absolute atomic E-state index is 10.1. The monoisotopic (exact) mass is 176 g/mol. The SMILES string of the molecule is CCCC/C(S)=C(\O)C(=O)O. The lowest BCUT2D eigenvalue weighted by Crippen LogP contribution is -2.01. The van der Waals surface area contributed by atoms with E-state index in [9.17, 15) is 4.79 Å². The molecule has 0 saturated carbocycles. The van der Waals surface area contributed by atoms with Crippen molar-refractivity contribution >= 4 is 18.6 Å². The van der Waals surface area contributed by atoms with Crippen LogP contribution in [0, 0.1) is 0 Å². The second-order valence-corrected chi connectivity index (χ2v) is 2.74. The fraction of sp³-hybridized carbons (Fsp3) is 0.571. The van der Waals surface area contributed by atoms with Crippen LogP contribution in [0.2, 0.25) is 0 Å². The van der Waals surface area contributed by atoms with Crippen LogP contribution in [0.5, 0.6) is 0 Å². The van der Waals surface area contributed by atoms with Crippen LogP contribution in [-0.2, 0) is 4.79 Å². The van der Waals surface area contributed by atoms with E-state index in [0.29, 0.717) is 6.42 Å². The van der Waals surface area contributed by atoms with Gasteiger partial charge in [-0.2, -0.15) is 0 Å². The van der Waals surface area contributed by atoms with E-state index in [0.717, 1.165) is 12.8 Å². The molecule has 0 saturated heterocycles. The van der Waals surface area contributed by atoms with Crippen LogP contribution in [-0.4, -0.2) is 16.2 Å². The lowest BCUT2D eigenvalue weighted by atomic mass is 10.2. The quantitative estimate of drug-likeness (QED) is 0.348. The van der Waals surface area contributed by atoms with Gasteiger partial charge in [-0.25, -0.2) is 4.79 Å². The highest BCUT2D eigenvalue weighted by Gasteiger charge is 2.08. The summed E-state index contributed by atoms with van der Waals surface area (Å²) in [7, 11) is 0. The van der Waals surface area contributed by atoms with Gasteiger partial charge in [-0.15, -0.1) is 12.6 Å². The number of carboxylic acid groups (broad SMARTS) is 1. The molecule has 0 aliphatic carbocycles. The second kappa shape index (κ2) is 5.07. The van der Waals surface area contributed by atoms with Crippen molar-refractivity contribution in [2.24, 2.45) is 0 Å². The number of unbranched alkanes of at least 4 members (excludes halogenated alkanes) is 1. The smallest absolute Gasteiger partial charge is 0.371 e. The summed E-state index contributed by atoms with van der Waals surface area (Å²) >= 11 is 3.85. The van der Waals surface area contributed by atoms with E-state index in [1.165, 1.54) is 0 Å². The Balaban J connectivity index is 4.05. The summed E-state index contributed by atoms with van der Waals surface area (Å²) in [5.41, 5.74) is 0. The molecule has 0 spiro atoms. The van der Waals surface area contributed by atoms with E-state index >= 15 is 0 Å². The zero-order valence-corrected chi connectivity index (χ0v) is 7.27. The predicted octanol–water partition coefficient (Wildman–Crippen LogP) is 1.96. The predicted molar refractivity (Wildman–Crippen MR) is 45.8 cm³/mol. The van der Waals surface area contributed by atoms with Crippen molar-refractivity contribution in [1.29, 1.82) is 0 Å². The van der Waals surface area contributed by atoms with Crippen molar-refractivity contribution in [3.05, 3.63) is 10.7 Å². The van der Waals surface area contributed by atoms with Gasteiger partial charge in [0, 0.05) is 4.91 Å². The molecule has 64 valence electrons. The molecule has 2 N–H and O–H groups in total. The van der Waals surface area contributed by atoms with Gasteiger partial charge >= 0.3 is 5.97 Å². The van der Waals surface area contributed by atoms with Gasteiger partial charge in [0.25, 0.3) is 0 Å². The molecule has 0 heterocycles. The average molecular weight is 176 g/mol. The fourth-order valence-corrected chi connectivity index (χ4v) is 0.840. The Hall–Kier alpha value is -0.640. The minimum Gasteiger partial charge on any atom is -0.501 e. The zero-order valence-electron chi connectivity index (χ0n) is 6.37. The van der Waals surface area contributed by atoms with Gasteiger partial charge in [-0.05, 0) is 12.8 Å². The second-order valence-electron chi connectivity index (χ2n) is 2.20. The molecule has 0 aliphatic rings. The van der Waals surface area contributed by atoms with E-state index in [-0.39, 0.29) is 4.91 Å². The standard InChI is InChI=1S/C7H12O3S/c1-2-3-4-5(11)6(8)7(9)10/h8,11H,2-4H2,1H3,(H,9,10)/b6-5+. The Kier molecular flexibility index (Phi) is 4.77. The van der Waals surface area contributed by atoms with Crippen molar-refractivity contribution in [3.8, 4) is 0 Å². The molecule has 0 aromatic carbocycles. The highest BCUT2D eigenvalue weighted by molar-refractivity contribution is 7.84. The van der Waals surface area contributed by atoms with Gasteiger partial charge in [-0.3, -0.25) is 0 Å². The number of aliphatic carboxylic acids is 1. The first kappa shape index (κ1) is 10.4. The van der Waals surface area contributed by atoms with Gasteiger partial charge in [-0.1, -0.05) is 13.3 Å². The Morgan fingerprint density at radius 1 is 1.45 bits per heavy atom. The molecule has 0 aromatic heterocycles. The van der Waals surface area contributed by atoms with Crippen LogP contribution in [0.25, 0.3) is 0 Å². The van der Waals surface area contributed by atoms with Crippen LogP contribution in [0.4, 0.5) is 0 Å². The van der Waals surface area contributed by atoms with Crippen LogP contribution in [0.15, 0.2) is 10.7 Å². The number of rotatable bonds is 4. The highest BCUT2D eigenvalue weighted by Crippen LogP contribution is 2.14. The first-order valence-corrected chi connectivity index (χ1v) is 3.88. The first-order chi connectivity index (χ1) is 5.09. The Labute approximate surface area is 71.1 Å². The maximum Gasteiger partial charge on any atom is 0.371 e. The van der Waals surface area contributed by atoms with E-state index in [1.54, 1.807) is 0 Å². The van der Waals surface area contributed by atoms with Gasteiger partial charge in [0.05, 0.1) is 0 Å². The lowest BCUT2D eigenvalue weighted by molar-refractivity contribution is -0.135. The van der Waals surface area contributed by atoms with E-state index in [4.69, 9.17) is 10.2 Å². The maximum atomic E-state index is 10.1. The largest absolute Gasteiger partial charge is 0.501 e. The molecule has 0 fully saturated rings. The number of allylic oxidation sites excluding steroid dienone is 1. The summed E-state index contributed by atoms with van der Waals surface area (Å²) in [5.74, 6) is -1.95. The summed E-state index contributed by atoms with van der Waals surface area (Å²) < 4.78 is 0. The molecular formula is C7H12O3S. The van der Waals surface area contributed by atoms with E-state index in [1.807, 2.05) is 6.92 Å². The van der Waals surface area contributed by atoms with Crippen molar-refractivity contribution in [1.82, 2.24) is 0 Å². The molecule has 3 nitrogen and oxygen atoms in total. The van der Waals surface area contributed by atoms with Gasteiger partial charge < -0.3 is 10.2 Å². The molecule has 0 atom stereocenters. The minimum atomic E-state index is -1.31. The molecule has 0 aromatic rings. The molecule has 0 unspecified atom stereocenters. The number of carboxylic acids is 1. The Morgan fingerprint density at radius 2 is 2.00 bits per heavy atom. The van der Waals surface area contributed by atoms with Crippen molar-refractivity contribution in [2.75, 3.05) is 0 Å². The number of carbonyl (C=O) groups is 1. The van der Waals surface area contributed by atoms with Gasteiger partial charge in [0.2, 0.25) is 5.76 Å². The molecule has 0 amide bonds. The first-order valence-electron chi connectivity index (χ1n) is 3.44. The zero-order chi connectivity index (χ0) is 8.85. The third-order valence-electron chi connectivity index (χ3n) is 1.24. The summed E-state index contributed by atoms with van der Waals surface area (Å²) in [6.45, 7) is 1.98. The van der Waals surface area contributed by atoms with Crippen LogP contribution >= 0.6 is 12.6 Å². The normalized spacial score (nSPS) is 12.5. The molecule has 0 rings (SSSR count). The number of hydrogen-bond acceptors (Lipinski definition) is 3. The van der Waals surface area contributed by atoms with Crippen LogP contribution in [0.1, 0.15) is 26.2 Å². The van der Waals surface area contributed by atoms with Gasteiger partial charge in [0.1, 0.15) is 0 Å². The Bertz CT molecular complexity index is 175. The summed E-state index contributed by atoms with van der Waals surface area (Å²) in [4.78, 5) is 10.4. The van der Waals surface area contributed by atoms with Gasteiger partial charge in [0.15, 0.2) is 0 Å². The number of aliphatic hydroxyl groups excluding tert-OH is 1. The van der Waals surface area contributed by atoms with Crippen molar-refractivity contribution in [3.63, 3.8) is 0 Å². The molecule has 0 radical (unpaired) electrons. The lowest BCUT2D eigenvalue weighted by Gasteiger charge is -1.99. The van der Waals surface area contributed by atoms with Crippen molar-refractivity contribution < 1.29 is 15.0 Å². The molecule has 0 aliphatic heterocycles.